The van der Waals surface area contributed by atoms with Gasteiger partial charge in [-0.15, -0.1) is 0 Å². The number of benzene rings is 4. The first-order chi connectivity index (χ1) is 33.3. The van der Waals surface area contributed by atoms with Crippen LogP contribution in [-0.4, -0.2) is 104 Å². The fourth-order valence-electron chi connectivity index (χ4n) is 7.65. The van der Waals surface area contributed by atoms with Gasteiger partial charge in [0.1, 0.15) is 47.6 Å². The molecule has 0 unspecified atom stereocenters. The van der Waals surface area contributed by atoms with E-state index in [1.54, 1.807) is 64.3 Å². The second kappa shape index (κ2) is 23.6. The molecule has 16 nitrogen and oxygen atoms in total. The van der Waals surface area contributed by atoms with Crippen molar-refractivity contribution in [3.8, 4) is 28.5 Å². The molecule has 372 valence electrons. The van der Waals surface area contributed by atoms with Crippen LogP contribution in [0, 0.1) is 0 Å². The van der Waals surface area contributed by atoms with Crippen LogP contribution in [0.4, 0.5) is 4.79 Å². The topological polar surface area (TPSA) is 210 Å². The Morgan fingerprint density at radius 3 is 2.23 bits per heavy atom. The first-order valence-electron chi connectivity index (χ1n) is 23.4. The van der Waals surface area contributed by atoms with Crippen LogP contribution in [0.1, 0.15) is 51.2 Å². The number of carbonyl (C=O) groups is 5. The van der Waals surface area contributed by atoms with E-state index in [0.29, 0.717) is 39.4 Å². The number of nitrogens with one attached hydrogen (secondary N) is 3. The number of pyridine rings is 1. The van der Waals surface area contributed by atoms with Crippen molar-refractivity contribution in [2.75, 3.05) is 26.9 Å². The molecule has 17 heteroatoms. The van der Waals surface area contributed by atoms with E-state index in [2.05, 4.69) is 35.6 Å². The number of fused-ring (bicyclic) bond motifs is 1. The lowest BCUT2D eigenvalue weighted by Gasteiger charge is -2.31. The first kappa shape index (κ1) is 52.4. The molecule has 2 heterocycles. The predicted octanol–water partition coefficient (Wildman–Crippen LogP) is 7.88. The molecular weight excluding hydrogens is 913 g/mol. The maximum absolute atomic E-state index is 14.3. The van der Waals surface area contributed by atoms with Gasteiger partial charge >= 0.3 is 24.0 Å². The SMILES string of the molecule is COc1ccc2c(O[C@H]3CN[C@@](C(=O)N[C@H](CCCOc4cccc(C[C@H](NC(=O)OCc5ccccc5)C(=O)OCC[Si](C)(C)C)c4)C(=O)O)(C(=O)OC(C)(C)C)C3)cc(-c3ccccc3)nc2c1. The summed E-state index contributed by atoms with van der Waals surface area (Å²) in [6.07, 6.45) is -1.41. The molecule has 0 radical (unpaired) electrons. The number of rotatable bonds is 22. The molecule has 1 aliphatic rings. The first-order valence-corrected chi connectivity index (χ1v) is 27.1. The average molecular weight is 977 g/mol. The number of aromatic nitrogens is 1. The van der Waals surface area contributed by atoms with Crippen LogP contribution in [-0.2, 0) is 46.4 Å². The minimum atomic E-state index is -1.98. The second-order valence-electron chi connectivity index (χ2n) is 19.4. The third kappa shape index (κ3) is 15.0. The molecule has 70 heavy (non-hydrogen) atoms. The Kier molecular flexibility index (Phi) is 17.6. The number of carboxylic acid groups (broad SMARTS) is 1. The summed E-state index contributed by atoms with van der Waals surface area (Å²) >= 11 is 0. The standard InChI is InChI=1S/C53H64N4O12Si/c1-52(2,3)69-50(62)53(32-40(33-54-53)68-46-31-43(37-19-12-9-13-20-37)55-44-30-38(64-4)23-24-41(44)46)49(61)56-42(47(58)59)22-15-25-65-39-21-14-18-36(28-39)29-45(48(60)66-26-27-70(5,6)7)57-51(63)67-34-35-16-10-8-11-17-35/h8-14,16-21,23-24,28,30-31,40,42,45,54H,15,22,25-27,29,32-34H2,1-7H3,(H,56,61)(H,57,63)(H,58,59)/t40-,42-,45+,53+/m1/s1. The number of carbonyl (C=O) groups excluding carboxylic acids is 4. The molecule has 0 saturated carbocycles. The molecule has 0 bridgehead atoms. The molecule has 1 aromatic heterocycles. The molecule has 4 N–H and O–H groups in total. The van der Waals surface area contributed by atoms with Crippen molar-refractivity contribution in [3.05, 3.63) is 120 Å². The Morgan fingerprint density at radius 2 is 1.54 bits per heavy atom. The Morgan fingerprint density at radius 1 is 0.829 bits per heavy atom. The summed E-state index contributed by atoms with van der Waals surface area (Å²) in [4.78, 5) is 72.0. The molecular formula is C53H64N4O12Si. The smallest absolute Gasteiger partial charge is 0.408 e. The zero-order valence-corrected chi connectivity index (χ0v) is 41.9. The molecule has 1 fully saturated rings. The van der Waals surface area contributed by atoms with E-state index < -0.39 is 67.3 Å². The van der Waals surface area contributed by atoms with Crippen LogP contribution in [0.3, 0.4) is 0 Å². The second-order valence-corrected chi connectivity index (χ2v) is 25.1. The Balaban J connectivity index is 1.10. The van der Waals surface area contributed by atoms with Crippen molar-refractivity contribution < 1.29 is 57.5 Å². The Bertz CT molecular complexity index is 2600. The van der Waals surface area contributed by atoms with Gasteiger partial charge in [0.15, 0.2) is 5.54 Å². The van der Waals surface area contributed by atoms with Crippen LogP contribution in [0.2, 0.25) is 25.7 Å². The highest BCUT2D eigenvalue weighted by Gasteiger charge is 2.55. The Labute approximate surface area is 409 Å². The van der Waals surface area contributed by atoms with E-state index >= 15 is 0 Å². The number of ether oxygens (including phenoxy) is 6. The fourth-order valence-corrected chi connectivity index (χ4v) is 8.37. The van der Waals surface area contributed by atoms with Crippen molar-refractivity contribution >= 4 is 48.9 Å². The number of alkyl carbamates (subject to hydrolysis) is 1. The number of aliphatic carboxylic acids is 1. The van der Waals surface area contributed by atoms with Crippen molar-refractivity contribution in [2.45, 2.75) is 108 Å². The highest BCUT2D eigenvalue weighted by atomic mass is 28.3. The van der Waals surface area contributed by atoms with Crippen LogP contribution in [0.5, 0.6) is 17.2 Å². The summed E-state index contributed by atoms with van der Waals surface area (Å²) < 4.78 is 34.8. The number of esters is 2. The molecule has 6 rings (SSSR count). The van der Waals surface area contributed by atoms with Gasteiger partial charge in [0.25, 0.3) is 5.91 Å². The molecule has 1 saturated heterocycles. The van der Waals surface area contributed by atoms with Crippen molar-refractivity contribution in [3.63, 3.8) is 0 Å². The monoisotopic (exact) mass is 976 g/mol. The van der Waals surface area contributed by atoms with Gasteiger partial charge in [0, 0.05) is 50.5 Å². The van der Waals surface area contributed by atoms with Gasteiger partial charge in [0.05, 0.1) is 31.5 Å². The van der Waals surface area contributed by atoms with Gasteiger partial charge in [-0.3, -0.25) is 10.1 Å². The van der Waals surface area contributed by atoms with E-state index in [9.17, 15) is 29.1 Å². The maximum atomic E-state index is 14.3. The van der Waals surface area contributed by atoms with Crippen LogP contribution in [0.25, 0.3) is 22.2 Å². The number of methoxy groups -OCH3 is 1. The maximum Gasteiger partial charge on any atom is 0.408 e. The zero-order valence-electron chi connectivity index (χ0n) is 40.9. The van der Waals surface area contributed by atoms with Crippen molar-refractivity contribution in [1.82, 2.24) is 20.9 Å². The summed E-state index contributed by atoms with van der Waals surface area (Å²) in [5.41, 5.74) is 0.610. The van der Waals surface area contributed by atoms with Gasteiger partial charge in [-0.1, -0.05) is 92.4 Å². The molecule has 0 spiro atoms. The lowest BCUT2D eigenvalue weighted by atomic mass is 9.94. The summed E-state index contributed by atoms with van der Waals surface area (Å²) in [5.74, 6) is -2.11. The summed E-state index contributed by atoms with van der Waals surface area (Å²) in [6.45, 7) is 12.0. The quantitative estimate of drug-likeness (QED) is 0.0171. The van der Waals surface area contributed by atoms with Crippen LogP contribution >= 0.6 is 0 Å². The lowest BCUT2D eigenvalue weighted by molar-refractivity contribution is -0.166. The van der Waals surface area contributed by atoms with E-state index in [1.165, 1.54) is 0 Å². The molecule has 2 amide bonds. The van der Waals surface area contributed by atoms with Crippen molar-refractivity contribution in [1.29, 1.82) is 0 Å². The zero-order chi connectivity index (χ0) is 50.5. The number of carboxylic acids is 1. The van der Waals surface area contributed by atoms with Crippen LogP contribution in [0.15, 0.2) is 109 Å². The van der Waals surface area contributed by atoms with Gasteiger partial charge in [0.2, 0.25) is 0 Å². The average Bonchev–Trinajstić information content (AvgIpc) is 3.76. The highest BCUT2D eigenvalue weighted by molar-refractivity contribution is 6.76. The summed E-state index contributed by atoms with van der Waals surface area (Å²) in [7, 11) is 0.0628. The van der Waals surface area contributed by atoms with Gasteiger partial charge in [-0.25, -0.2) is 24.2 Å². The summed E-state index contributed by atoms with van der Waals surface area (Å²) in [5, 5.41) is 19.3. The third-order valence-electron chi connectivity index (χ3n) is 11.4. The molecule has 4 aromatic carbocycles. The molecule has 0 aliphatic carbocycles. The largest absolute Gasteiger partial charge is 0.497 e. The highest BCUT2D eigenvalue weighted by Crippen LogP contribution is 2.35. The van der Waals surface area contributed by atoms with E-state index in [4.69, 9.17) is 33.4 Å². The van der Waals surface area contributed by atoms with Gasteiger partial charge in [-0.2, -0.15) is 0 Å². The van der Waals surface area contributed by atoms with Crippen molar-refractivity contribution in [2.24, 2.45) is 0 Å². The lowest BCUT2D eigenvalue weighted by Crippen LogP contribution is -2.62. The number of hydrogen-bond acceptors (Lipinski definition) is 13. The number of nitrogens with zero attached hydrogens (tertiary/aromatic N) is 1. The third-order valence-corrected chi connectivity index (χ3v) is 13.1. The van der Waals surface area contributed by atoms with E-state index in [1.807, 2.05) is 72.8 Å². The Hall–Kier alpha value is -6.98. The van der Waals surface area contributed by atoms with Gasteiger partial charge < -0.3 is 44.2 Å². The normalized spacial score (nSPS) is 16.6. The molecule has 1 aliphatic heterocycles. The predicted molar refractivity (Wildman–Crippen MR) is 266 cm³/mol. The fraction of sp³-hybridized carbons (Fsp3) is 0.396. The molecule has 4 atom stereocenters. The van der Waals surface area contributed by atoms with Gasteiger partial charge in [-0.05, 0) is 75.0 Å². The minimum absolute atomic E-state index is 0.0228. The van der Waals surface area contributed by atoms with E-state index in [-0.39, 0.29) is 52.0 Å². The summed E-state index contributed by atoms with van der Waals surface area (Å²) in [6, 6.07) is 31.3. The molecule has 5 aromatic rings. The van der Waals surface area contributed by atoms with Crippen LogP contribution < -0.4 is 30.2 Å². The number of amides is 2. The number of hydrogen-bond donors (Lipinski definition) is 4. The van der Waals surface area contributed by atoms with E-state index in [0.717, 1.165) is 17.2 Å². The minimum Gasteiger partial charge on any atom is -0.497 e.